The highest BCUT2D eigenvalue weighted by atomic mass is 32.2. The molecule has 3 heterocycles. The van der Waals surface area contributed by atoms with Crippen molar-refractivity contribution in [2.24, 2.45) is 5.41 Å². The Morgan fingerprint density at radius 1 is 1.05 bits per heavy atom. The zero-order chi connectivity index (χ0) is 42.1. The molecule has 0 aromatic carbocycles. The lowest BCUT2D eigenvalue weighted by atomic mass is 9.87. The Morgan fingerprint density at radius 2 is 1.73 bits per heavy atom. The molecule has 2 aromatic heterocycles. The number of carbonyl (C=O) groups is 3. The second kappa shape index (κ2) is 20.4. The summed E-state index contributed by atoms with van der Waals surface area (Å²) in [6, 6.07) is 0. The molecule has 8 atom stereocenters. The number of rotatable bonds is 23. The van der Waals surface area contributed by atoms with Gasteiger partial charge in [-0.05, 0) is 6.42 Å². The van der Waals surface area contributed by atoms with Crippen LogP contribution in [0.5, 0.6) is 0 Å². The molecule has 1 saturated heterocycles. The Balaban J connectivity index is 1.48. The zero-order valence-electron chi connectivity index (χ0n) is 29.7. The summed E-state index contributed by atoms with van der Waals surface area (Å²) in [4.78, 5) is 87.2. The van der Waals surface area contributed by atoms with Crippen molar-refractivity contribution in [3.8, 4) is 0 Å². The van der Waals surface area contributed by atoms with Crippen molar-refractivity contribution in [1.82, 2.24) is 30.2 Å². The van der Waals surface area contributed by atoms with Gasteiger partial charge in [0.25, 0.3) is 0 Å². The Bertz CT molecular complexity index is 1820. The summed E-state index contributed by atoms with van der Waals surface area (Å²) in [7, 11) is -16.4. The van der Waals surface area contributed by atoms with Crippen LogP contribution in [-0.4, -0.2) is 146 Å². The summed E-state index contributed by atoms with van der Waals surface area (Å²) in [5.74, 6) is -1.36. The molecule has 30 heteroatoms. The number of anilines is 1. The van der Waals surface area contributed by atoms with Crippen LogP contribution in [0.1, 0.15) is 39.3 Å². The number of hydrogen-bond donors (Lipinski definition) is 11. The van der Waals surface area contributed by atoms with E-state index in [1.807, 2.05) is 0 Å². The van der Waals surface area contributed by atoms with Gasteiger partial charge in [-0.15, -0.1) is 0 Å². The monoisotopic (exact) mass is 883 g/mol. The van der Waals surface area contributed by atoms with Crippen LogP contribution in [0.15, 0.2) is 12.7 Å². The van der Waals surface area contributed by atoms with E-state index in [2.05, 4.69) is 34.4 Å². The lowest BCUT2D eigenvalue weighted by molar-refractivity contribution is -0.137. The highest BCUT2D eigenvalue weighted by molar-refractivity contribution is 8.13. The highest BCUT2D eigenvalue weighted by Crippen LogP contribution is 2.61. The number of thioether (sulfide) groups is 1. The van der Waals surface area contributed by atoms with Crippen molar-refractivity contribution in [2.45, 2.75) is 69.9 Å². The number of fused-ring (bicyclic) bond motifs is 1. The lowest BCUT2D eigenvalue weighted by Gasteiger charge is -2.30. The average molecular weight is 884 g/mol. The number of phosphoric acid groups is 3. The van der Waals surface area contributed by atoms with Gasteiger partial charge >= 0.3 is 23.5 Å². The topological polar surface area (TPSA) is 404 Å². The van der Waals surface area contributed by atoms with Gasteiger partial charge < -0.3 is 61.1 Å². The Morgan fingerprint density at radius 3 is 2.39 bits per heavy atom. The van der Waals surface area contributed by atoms with Crippen molar-refractivity contribution in [3.63, 3.8) is 0 Å². The van der Waals surface area contributed by atoms with E-state index in [-0.39, 0.29) is 66.8 Å². The maximum atomic E-state index is 12.7. The van der Waals surface area contributed by atoms with E-state index in [1.165, 1.54) is 13.8 Å². The predicted octanol–water partition coefficient (Wildman–Crippen LogP) is -2.20. The minimum absolute atomic E-state index is 0.0216. The smallest absolute Gasteiger partial charge is 0.396 e. The number of aliphatic hydroxyl groups excluding tert-OH is 4. The molecule has 26 nitrogen and oxygen atoms in total. The van der Waals surface area contributed by atoms with E-state index in [1.54, 1.807) is 0 Å². The van der Waals surface area contributed by atoms with Crippen LogP contribution in [0.2, 0.25) is 0 Å². The van der Waals surface area contributed by atoms with Gasteiger partial charge in [-0.25, -0.2) is 28.6 Å². The van der Waals surface area contributed by atoms with Crippen LogP contribution in [0.4, 0.5) is 5.82 Å². The van der Waals surface area contributed by atoms with E-state index >= 15 is 0 Å². The molecule has 0 radical (unpaired) electrons. The SMILES string of the molecule is CC(C)(COP(=O)(O)OP(=O)(O)OC[C@H]1O[C@@H](n2cnc3c(N)ncnc32)[C@H](O)[C@@H]1OP(=O)(O)O)[C@@H](O)C(=O)NCCC(=O)NCCSC(=O)C[C@@H](O)CCO. The first kappa shape index (κ1) is 47.9. The largest absolute Gasteiger partial charge is 0.481 e. The second-order valence-electron chi connectivity index (χ2n) is 12.7. The van der Waals surface area contributed by atoms with Crippen LogP contribution in [0.25, 0.3) is 11.2 Å². The molecular weight excluding hydrogens is 839 g/mol. The molecule has 2 unspecified atom stereocenters. The predicted molar refractivity (Wildman–Crippen MR) is 189 cm³/mol. The van der Waals surface area contributed by atoms with Crippen LogP contribution in [0.3, 0.4) is 0 Å². The first-order valence-electron chi connectivity index (χ1n) is 16.3. The van der Waals surface area contributed by atoms with Gasteiger partial charge in [-0.3, -0.25) is 32.5 Å². The molecule has 56 heavy (non-hydrogen) atoms. The van der Waals surface area contributed by atoms with E-state index < -0.39 is 90.7 Å². The van der Waals surface area contributed by atoms with E-state index in [4.69, 9.17) is 24.6 Å². The number of aliphatic hydroxyl groups is 4. The van der Waals surface area contributed by atoms with Gasteiger partial charge in [-0.1, -0.05) is 25.6 Å². The number of ether oxygens (including phenoxy) is 1. The highest BCUT2D eigenvalue weighted by Gasteiger charge is 2.50. The van der Waals surface area contributed by atoms with E-state index in [9.17, 15) is 63.0 Å². The minimum atomic E-state index is -5.58. The summed E-state index contributed by atoms with van der Waals surface area (Å²) in [5, 5.41) is 44.2. The van der Waals surface area contributed by atoms with Gasteiger partial charge in [0, 0.05) is 43.7 Å². The van der Waals surface area contributed by atoms with Crippen molar-refractivity contribution >= 4 is 69.1 Å². The fourth-order valence-corrected chi connectivity index (χ4v) is 8.37. The standard InChI is InChI=1S/C26H44N7O19P3S/c1-26(2,21(39)24(40)29-5-3-16(36)28-6-8-56-17(37)9-14(35)4-7-34)11-49-55(46,47)52-54(44,45)48-10-15-20(51-53(41,42)43)19(38)25(50-15)33-13-32-18-22(27)30-12-31-23(18)33/h12-15,19-21,25,34-35,38-39H,3-11H2,1-2H3,(H,28,36)(H,29,40)(H,44,45)(H,46,47)(H2,27,30,31)(H2,41,42,43)/t14-,15+,19+,20+,21-,25+/m0/s1. The lowest BCUT2D eigenvalue weighted by Crippen LogP contribution is -2.46. The third-order valence-electron chi connectivity index (χ3n) is 7.63. The van der Waals surface area contributed by atoms with Crippen molar-refractivity contribution < 1.29 is 90.7 Å². The van der Waals surface area contributed by atoms with Gasteiger partial charge in [0.2, 0.25) is 11.8 Å². The molecule has 1 aliphatic heterocycles. The van der Waals surface area contributed by atoms with Gasteiger partial charge in [0.15, 0.2) is 22.8 Å². The number of amides is 2. The molecule has 318 valence electrons. The Labute approximate surface area is 321 Å². The third kappa shape index (κ3) is 14.7. The Kier molecular flexibility index (Phi) is 17.5. The molecule has 1 aliphatic rings. The number of imidazole rings is 1. The quantitative estimate of drug-likeness (QED) is 0.0416. The number of phosphoric ester groups is 3. The number of nitrogens with two attached hydrogens (primary N) is 1. The number of nitrogens with zero attached hydrogens (tertiary/aromatic N) is 4. The second-order valence-corrected chi connectivity index (χ2v) is 18.0. The molecule has 0 spiro atoms. The molecule has 2 aromatic rings. The molecule has 3 rings (SSSR count). The number of nitrogens with one attached hydrogen (secondary N) is 2. The first-order valence-corrected chi connectivity index (χ1v) is 21.8. The number of nitrogen functional groups attached to an aromatic ring is 1. The maximum Gasteiger partial charge on any atom is 0.481 e. The van der Waals surface area contributed by atoms with Gasteiger partial charge in [0.05, 0.1) is 25.6 Å². The van der Waals surface area contributed by atoms with E-state index in [0.29, 0.717) is 0 Å². The molecule has 0 aliphatic carbocycles. The van der Waals surface area contributed by atoms with Gasteiger partial charge in [-0.2, -0.15) is 4.31 Å². The van der Waals surface area contributed by atoms with Crippen molar-refractivity contribution in [3.05, 3.63) is 12.7 Å². The zero-order valence-corrected chi connectivity index (χ0v) is 33.2. The average Bonchev–Trinajstić information content (AvgIpc) is 3.64. The molecular formula is C26H44N7O19P3S. The van der Waals surface area contributed by atoms with Crippen molar-refractivity contribution in [2.75, 3.05) is 44.4 Å². The summed E-state index contributed by atoms with van der Waals surface area (Å²) < 4.78 is 62.0. The molecule has 1 fully saturated rings. The maximum absolute atomic E-state index is 12.7. The molecule has 2 amide bonds. The molecule has 12 N–H and O–H groups in total. The van der Waals surface area contributed by atoms with E-state index in [0.717, 1.165) is 29.0 Å². The summed E-state index contributed by atoms with van der Waals surface area (Å²) >= 11 is 0.883. The fourth-order valence-electron chi connectivity index (χ4n) is 4.80. The summed E-state index contributed by atoms with van der Waals surface area (Å²) in [5.41, 5.74) is 4.21. The van der Waals surface area contributed by atoms with Gasteiger partial charge in [0.1, 0.15) is 36.3 Å². The summed E-state index contributed by atoms with van der Waals surface area (Å²) in [6.07, 6.45) is -8.11. The molecule has 0 bridgehead atoms. The Hall–Kier alpha value is -2.52. The summed E-state index contributed by atoms with van der Waals surface area (Å²) in [6.45, 7) is -0.00483. The number of carbonyl (C=O) groups excluding carboxylic acids is 3. The van der Waals surface area contributed by atoms with Crippen LogP contribution in [-0.2, 0) is 50.7 Å². The third-order valence-corrected chi connectivity index (χ3v) is 11.6. The normalized spacial score (nSPS) is 22.2. The number of hydrogen-bond acceptors (Lipinski definition) is 20. The van der Waals surface area contributed by atoms with Crippen LogP contribution < -0.4 is 16.4 Å². The molecule has 0 saturated carbocycles. The van der Waals surface area contributed by atoms with Crippen LogP contribution in [0, 0.1) is 5.41 Å². The number of aromatic nitrogens is 4. The van der Waals surface area contributed by atoms with Crippen LogP contribution >= 0.6 is 35.2 Å². The first-order chi connectivity index (χ1) is 25.9. The minimum Gasteiger partial charge on any atom is -0.396 e. The van der Waals surface area contributed by atoms with Crippen molar-refractivity contribution in [1.29, 1.82) is 0 Å². The fraction of sp³-hybridized carbons (Fsp3) is 0.692.